The second kappa shape index (κ2) is 5.16. The summed E-state index contributed by atoms with van der Waals surface area (Å²) in [6.45, 7) is 0. The van der Waals surface area contributed by atoms with Gasteiger partial charge < -0.3 is 9.84 Å². The molecule has 2 aromatic rings. The van der Waals surface area contributed by atoms with E-state index in [-0.39, 0.29) is 10.4 Å². The number of phenols is 1. The fraction of sp³-hybridized carbons (Fsp3) is 0.154. The number of esters is 1. The molecular weight excluding hydrogens is 293 g/mol. The van der Waals surface area contributed by atoms with Gasteiger partial charge in [0.1, 0.15) is 10.6 Å². The number of carbonyl (C=O) groups is 1. The van der Waals surface area contributed by atoms with E-state index in [0.717, 1.165) is 17.4 Å². The summed E-state index contributed by atoms with van der Waals surface area (Å²) < 4.78 is 42.5. The van der Waals surface area contributed by atoms with E-state index in [4.69, 9.17) is 0 Å². The average Bonchev–Trinajstić information content (AvgIpc) is 2.85. The third-order valence-corrected chi connectivity index (χ3v) is 3.47. The number of ether oxygens (including phenoxy) is 1. The summed E-state index contributed by atoms with van der Waals surface area (Å²) in [5, 5.41) is 10.9. The van der Waals surface area contributed by atoms with Crippen LogP contribution in [0.2, 0.25) is 0 Å². The fourth-order valence-electron chi connectivity index (χ4n) is 1.64. The summed E-state index contributed by atoms with van der Waals surface area (Å²) in [5.41, 5.74) is -0.348. The third kappa shape index (κ3) is 2.93. The van der Waals surface area contributed by atoms with Crippen molar-refractivity contribution in [3.8, 4) is 16.9 Å². The standard InChI is InChI=1S/C13H9F3O3S/c1-19-12(18)11-4-8(6-20-11)7-2-9(13(14,15)16)5-10(17)3-7/h2-6,17H,1H3. The molecule has 1 aromatic heterocycles. The summed E-state index contributed by atoms with van der Waals surface area (Å²) >= 11 is 1.06. The predicted octanol–water partition coefficient (Wildman–Crippen LogP) is 3.93. The maximum atomic E-state index is 12.7. The van der Waals surface area contributed by atoms with Crippen LogP contribution in [0.5, 0.6) is 5.75 Å². The maximum Gasteiger partial charge on any atom is 0.416 e. The van der Waals surface area contributed by atoms with Crippen LogP contribution in [0, 0.1) is 0 Å². The largest absolute Gasteiger partial charge is 0.508 e. The van der Waals surface area contributed by atoms with Crippen LogP contribution in [0.3, 0.4) is 0 Å². The van der Waals surface area contributed by atoms with E-state index < -0.39 is 23.5 Å². The number of alkyl halides is 3. The molecule has 0 fully saturated rings. The number of carbonyl (C=O) groups excluding carboxylic acids is 1. The number of aromatic hydroxyl groups is 1. The van der Waals surface area contributed by atoms with Gasteiger partial charge in [0.25, 0.3) is 0 Å². The highest BCUT2D eigenvalue weighted by atomic mass is 32.1. The number of thiophene rings is 1. The van der Waals surface area contributed by atoms with Crippen molar-refractivity contribution < 1.29 is 27.8 Å². The van der Waals surface area contributed by atoms with Gasteiger partial charge in [0, 0.05) is 0 Å². The molecule has 1 N–H and O–H groups in total. The smallest absolute Gasteiger partial charge is 0.416 e. The Morgan fingerprint density at radius 3 is 2.50 bits per heavy atom. The highest BCUT2D eigenvalue weighted by Gasteiger charge is 2.31. The minimum atomic E-state index is -4.55. The first-order valence-corrected chi connectivity index (χ1v) is 6.27. The van der Waals surface area contributed by atoms with Gasteiger partial charge in [-0.3, -0.25) is 0 Å². The number of methoxy groups -OCH3 is 1. The monoisotopic (exact) mass is 302 g/mol. The molecular formula is C13H9F3O3S. The predicted molar refractivity (Wildman–Crippen MR) is 67.8 cm³/mol. The Balaban J connectivity index is 2.45. The summed E-state index contributed by atoms with van der Waals surface area (Å²) in [6.07, 6.45) is -4.55. The number of phenolic OH excluding ortho intramolecular Hbond substituents is 1. The third-order valence-electron chi connectivity index (χ3n) is 2.56. The van der Waals surface area contributed by atoms with Gasteiger partial charge in [-0.05, 0) is 40.8 Å². The molecule has 0 aliphatic rings. The van der Waals surface area contributed by atoms with Crippen molar-refractivity contribution in [1.82, 2.24) is 0 Å². The lowest BCUT2D eigenvalue weighted by Gasteiger charge is -2.09. The average molecular weight is 302 g/mol. The first-order chi connectivity index (χ1) is 9.31. The van der Waals surface area contributed by atoms with Crippen LogP contribution in [-0.4, -0.2) is 18.2 Å². The lowest BCUT2D eigenvalue weighted by molar-refractivity contribution is -0.137. The molecule has 0 saturated carbocycles. The number of hydrogen-bond acceptors (Lipinski definition) is 4. The van der Waals surface area contributed by atoms with Crippen LogP contribution in [0.15, 0.2) is 29.6 Å². The van der Waals surface area contributed by atoms with Crippen LogP contribution in [0.1, 0.15) is 15.2 Å². The Hall–Kier alpha value is -2.02. The summed E-state index contributed by atoms with van der Waals surface area (Å²) in [6, 6.07) is 4.20. The van der Waals surface area contributed by atoms with Crippen molar-refractivity contribution in [3.05, 3.63) is 40.1 Å². The first kappa shape index (κ1) is 14.4. The van der Waals surface area contributed by atoms with Gasteiger partial charge >= 0.3 is 12.1 Å². The quantitative estimate of drug-likeness (QED) is 0.855. The molecule has 0 saturated heterocycles. The second-order valence-electron chi connectivity index (χ2n) is 3.96. The molecule has 0 aliphatic heterocycles. The fourth-order valence-corrected chi connectivity index (χ4v) is 2.47. The number of hydrogen-bond donors (Lipinski definition) is 1. The molecule has 0 spiro atoms. The SMILES string of the molecule is COC(=O)c1cc(-c2cc(O)cc(C(F)(F)F)c2)cs1. The van der Waals surface area contributed by atoms with Gasteiger partial charge in [-0.1, -0.05) is 0 Å². The maximum absolute atomic E-state index is 12.7. The van der Waals surface area contributed by atoms with Gasteiger partial charge in [0.2, 0.25) is 0 Å². The zero-order chi connectivity index (χ0) is 14.9. The highest BCUT2D eigenvalue weighted by Crippen LogP contribution is 2.36. The van der Waals surface area contributed by atoms with Gasteiger partial charge in [0.05, 0.1) is 12.7 Å². The van der Waals surface area contributed by atoms with E-state index in [1.807, 2.05) is 0 Å². The molecule has 2 rings (SSSR count). The van der Waals surface area contributed by atoms with Crippen LogP contribution < -0.4 is 0 Å². The molecule has 1 aromatic carbocycles. The molecule has 0 bridgehead atoms. The molecule has 0 amide bonds. The lowest BCUT2D eigenvalue weighted by Crippen LogP contribution is -2.04. The molecule has 3 nitrogen and oxygen atoms in total. The van der Waals surface area contributed by atoms with Crippen molar-refractivity contribution in [2.75, 3.05) is 7.11 Å². The van der Waals surface area contributed by atoms with E-state index in [0.29, 0.717) is 11.6 Å². The van der Waals surface area contributed by atoms with Crippen molar-refractivity contribution in [2.45, 2.75) is 6.18 Å². The van der Waals surface area contributed by atoms with Gasteiger partial charge in [0.15, 0.2) is 0 Å². The van der Waals surface area contributed by atoms with E-state index >= 15 is 0 Å². The van der Waals surface area contributed by atoms with Crippen LogP contribution in [-0.2, 0) is 10.9 Å². The van der Waals surface area contributed by atoms with Crippen molar-refractivity contribution in [1.29, 1.82) is 0 Å². The number of halogens is 3. The molecule has 0 atom stereocenters. The normalized spacial score (nSPS) is 11.4. The minimum Gasteiger partial charge on any atom is -0.508 e. The molecule has 1 heterocycles. The van der Waals surface area contributed by atoms with Crippen molar-refractivity contribution in [2.24, 2.45) is 0 Å². The summed E-state index contributed by atoms with van der Waals surface area (Å²) in [7, 11) is 1.22. The Labute approximate surface area is 116 Å². The van der Waals surface area contributed by atoms with Crippen LogP contribution in [0.25, 0.3) is 11.1 Å². The highest BCUT2D eigenvalue weighted by molar-refractivity contribution is 7.12. The molecule has 7 heteroatoms. The van der Waals surface area contributed by atoms with E-state index in [9.17, 15) is 23.1 Å². The van der Waals surface area contributed by atoms with Crippen molar-refractivity contribution in [3.63, 3.8) is 0 Å². The number of benzene rings is 1. The molecule has 20 heavy (non-hydrogen) atoms. The molecule has 106 valence electrons. The Kier molecular flexibility index (Phi) is 3.71. The van der Waals surface area contributed by atoms with E-state index in [1.165, 1.54) is 24.6 Å². The topological polar surface area (TPSA) is 46.5 Å². The van der Waals surface area contributed by atoms with Crippen LogP contribution in [0.4, 0.5) is 13.2 Å². The summed E-state index contributed by atoms with van der Waals surface area (Å²) in [5.74, 6) is -1.04. The Bertz CT molecular complexity index is 647. The zero-order valence-electron chi connectivity index (χ0n) is 10.2. The number of rotatable bonds is 2. The molecule has 0 radical (unpaired) electrons. The van der Waals surface area contributed by atoms with Crippen molar-refractivity contribution >= 4 is 17.3 Å². The Morgan fingerprint density at radius 2 is 1.90 bits per heavy atom. The van der Waals surface area contributed by atoms with Crippen LogP contribution >= 0.6 is 11.3 Å². The minimum absolute atomic E-state index is 0.184. The second-order valence-corrected chi connectivity index (χ2v) is 4.87. The van der Waals surface area contributed by atoms with E-state index in [1.54, 1.807) is 0 Å². The van der Waals surface area contributed by atoms with Gasteiger partial charge in [-0.15, -0.1) is 11.3 Å². The van der Waals surface area contributed by atoms with Gasteiger partial charge in [-0.2, -0.15) is 13.2 Å². The Morgan fingerprint density at radius 1 is 1.20 bits per heavy atom. The zero-order valence-corrected chi connectivity index (χ0v) is 11.0. The first-order valence-electron chi connectivity index (χ1n) is 5.39. The lowest BCUT2D eigenvalue weighted by atomic mass is 10.0. The van der Waals surface area contributed by atoms with E-state index in [2.05, 4.69) is 4.74 Å². The summed E-state index contributed by atoms with van der Waals surface area (Å²) in [4.78, 5) is 11.6. The molecule has 0 unspecified atom stereocenters. The van der Waals surface area contributed by atoms with Gasteiger partial charge in [-0.25, -0.2) is 4.79 Å². The molecule has 0 aliphatic carbocycles.